The van der Waals surface area contributed by atoms with Gasteiger partial charge in [0.15, 0.2) is 0 Å². The second-order valence-corrected chi connectivity index (χ2v) is 7.19. The Balaban J connectivity index is 1.56. The second kappa shape index (κ2) is 8.19. The highest BCUT2D eigenvalue weighted by atomic mass is 16.5. The summed E-state index contributed by atoms with van der Waals surface area (Å²) in [4.78, 5) is 14.7. The van der Waals surface area contributed by atoms with Gasteiger partial charge in [0.1, 0.15) is 5.75 Å². The van der Waals surface area contributed by atoms with Crippen LogP contribution in [0.4, 0.5) is 0 Å². The Morgan fingerprint density at radius 2 is 1.96 bits per heavy atom. The number of carbonyl (C=O) groups is 1. The second-order valence-electron chi connectivity index (χ2n) is 7.19. The Morgan fingerprint density at radius 1 is 1.24 bits per heavy atom. The lowest BCUT2D eigenvalue weighted by atomic mass is 9.78. The van der Waals surface area contributed by atoms with Crippen molar-refractivity contribution >= 4 is 5.91 Å². The molecule has 0 saturated carbocycles. The van der Waals surface area contributed by atoms with Gasteiger partial charge in [-0.15, -0.1) is 0 Å². The highest BCUT2D eigenvalue weighted by Crippen LogP contribution is 2.39. The van der Waals surface area contributed by atoms with E-state index in [4.69, 9.17) is 14.2 Å². The van der Waals surface area contributed by atoms with E-state index < -0.39 is 0 Å². The van der Waals surface area contributed by atoms with Gasteiger partial charge < -0.3 is 19.1 Å². The Labute approximate surface area is 150 Å². The molecule has 0 bridgehead atoms. The number of carbonyl (C=O) groups excluding carboxylic acids is 1. The highest BCUT2D eigenvalue weighted by molar-refractivity contribution is 5.94. The molecule has 1 unspecified atom stereocenters. The van der Waals surface area contributed by atoms with Crippen molar-refractivity contribution in [1.29, 1.82) is 0 Å². The molecular formula is C20H29NO4. The molecule has 0 aromatic heterocycles. The Morgan fingerprint density at radius 3 is 2.60 bits per heavy atom. The number of hydrogen-bond donors (Lipinski definition) is 0. The minimum Gasteiger partial charge on any atom is -0.497 e. The van der Waals surface area contributed by atoms with Crippen LogP contribution in [0.15, 0.2) is 24.3 Å². The highest BCUT2D eigenvalue weighted by Gasteiger charge is 2.41. The van der Waals surface area contributed by atoms with Crippen LogP contribution in [0.3, 0.4) is 0 Å². The predicted molar refractivity (Wildman–Crippen MR) is 96.0 cm³/mol. The first-order valence-corrected chi connectivity index (χ1v) is 9.22. The summed E-state index contributed by atoms with van der Waals surface area (Å²) in [5, 5.41) is 0. The molecule has 2 saturated heterocycles. The third kappa shape index (κ3) is 4.33. The van der Waals surface area contributed by atoms with Gasteiger partial charge in [-0.05, 0) is 62.3 Å². The van der Waals surface area contributed by atoms with Gasteiger partial charge in [-0.3, -0.25) is 4.79 Å². The van der Waals surface area contributed by atoms with Gasteiger partial charge in [-0.1, -0.05) is 0 Å². The summed E-state index contributed by atoms with van der Waals surface area (Å²) in [6.07, 6.45) is 5.19. The standard InChI is InChI=1S/C20H29NO4/c1-23-13-7-16-8-14-25-20(15-16)9-11-21(12-10-20)19(22)17-3-5-18(24-2)6-4-17/h3-6,16H,7-15H2,1-2H3. The Hall–Kier alpha value is -1.59. The third-order valence-corrected chi connectivity index (χ3v) is 5.62. The minimum absolute atomic E-state index is 0.0344. The zero-order chi connectivity index (χ0) is 17.7. The fourth-order valence-corrected chi connectivity index (χ4v) is 4.04. The molecule has 25 heavy (non-hydrogen) atoms. The van der Waals surface area contributed by atoms with Crippen LogP contribution in [-0.2, 0) is 9.47 Å². The van der Waals surface area contributed by atoms with Crippen LogP contribution in [0.25, 0.3) is 0 Å². The largest absolute Gasteiger partial charge is 0.497 e. The molecule has 1 amide bonds. The van der Waals surface area contributed by atoms with Gasteiger partial charge in [0.05, 0.1) is 12.7 Å². The number of amides is 1. The average Bonchev–Trinajstić information content (AvgIpc) is 2.67. The molecule has 1 atom stereocenters. The van der Waals surface area contributed by atoms with Crippen LogP contribution < -0.4 is 4.74 Å². The fourth-order valence-electron chi connectivity index (χ4n) is 4.04. The fraction of sp³-hybridized carbons (Fsp3) is 0.650. The zero-order valence-electron chi connectivity index (χ0n) is 15.3. The molecule has 2 aliphatic rings. The quantitative estimate of drug-likeness (QED) is 0.821. The maximum atomic E-state index is 12.7. The third-order valence-electron chi connectivity index (χ3n) is 5.62. The van der Waals surface area contributed by atoms with Gasteiger partial charge in [-0.2, -0.15) is 0 Å². The topological polar surface area (TPSA) is 48.0 Å². The molecule has 2 fully saturated rings. The van der Waals surface area contributed by atoms with E-state index in [1.54, 1.807) is 14.2 Å². The molecule has 0 radical (unpaired) electrons. The summed E-state index contributed by atoms with van der Waals surface area (Å²) in [6, 6.07) is 7.35. The van der Waals surface area contributed by atoms with Crippen LogP contribution >= 0.6 is 0 Å². The van der Waals surface area contributed by atoms with Gasteiger partial charge in [-0.25, -0.2) is 0 Å². The number of hydrogen-bond acceptors (Lipinski definition) is 4. The molecule has 1 aromatic rings. The Bertz CT molecular complexity index is 564. The van der Waals surface area contributed by atoms with E-state index >= 15 is 0 Å². The molecule has 5 nitrogen and oxygen atoms in total. The summed E-state index contributed by atoms with van der Waals surface area (Å²) in [7, 11) is 3.39. The van der Waals surface area contributed by atoms with Crippen molar-refractivity contribution in [3.8, 4) is 5.75 Å². The lowest BCUT2D eigenvalue weighted by Gasteiger charge is -2.46. The molecule has 0 aliphatic carbocycles. The molecule has 138 valence electrons. The molecule has 2 heterocycles. The average molecular weight is 347 g/mol. The number of rotatable bonds is 5. The maximum Gasteiger partial charge on any atom is 0.253 e. The molecule has 3 rings (SSSR count). The van der Waals surface area contributed by atoms with E-state index in [0.29, 0.717) is 5.92 Å². The van der Waals surface area contributed by atoms with Crippen molar-refractivity contribution in [1.82, 2.24) is 4.90 Å². The lowest BCUT2D eigenvalue weighted by Crippen LogP contribution is -2.50. The molecule has 1 spiro atoms. The van der Waals surface area contributed by atoms with E-state index in [0.717, 1.165) is 69.7 Å². The van der Waals surface area contributed by atoms with E-state index in [1.807, 2.05) is 29.2 Å². The maximum absolute atomic E-state index is 12.7. The molecular weight excluding hydrogens is 318 g/mol. The zero-order valence-corrected chi connectivity index (χ0v) is 15.3. The number of benzene rings is 1. The van der Waals surface area contributed by atoms with Gasteiger partial charge in [0, 0.05) is 39.0 Å². The van der Waals surface area contributed by atoms with E-state index in [2.05, 4.69) is 0 Å². The monoisotopic (exact) mass is 347 g/mol. The smallest absolute Gasteiger partial charge is 0.253 e. The van der Waals surface area contributed by atoms with Crippen LogP contribution in [0.2, 0.25) is 0 Å². The number of piperidine rings is 1. The molecule has 0 N–H and O–H groups in total. The van der Waals surface area contributed by atoms with Crippen LogP contribution in [-0.4, -0.2) is 56.9 Å². The first-order valence-electron chi connectivity index (χ1n) is 9.22. The van der Waals surface area contributed by atoms with E-state index in [1.165, 1.54) is 0 Å². The molecule has 1 aromatic carbocycles. The van der Waals surface area contributed by atoms with Crippen LogP contribution in [0.1, 0.15) is 42.5 Å². The summed E-state index contributed by atoms with van der Waals surface area (Å²) in [5.41, 5.74) is 0.687. The normalized spacial score (nSPS) is 22.8. The van der Waals surface area contributed by atoms with Gasteiger partial charge >= 0.3 is 0 Å². The summed E-state index contributed by atoms with van der Waals surface area (Å²) in [5.74, 6) is 1.55. The SMILES string of the molecule is COCCC1CCOC2(CCN(C(=O)c3ccc(OC)cc3)CC2)C1. The predicted octanol–water partition coefficient (Wildman–Crippen LogP) is 3.13. The van der Waals surface area contributed by atoms with Crippen molar-refractivity contribution in [3.63, 3.8) is 0 Å². The van der Waals surface area contributed by atoms with E-state index in [9.17, 15) is 4.79 Å². The van der Waals surface area contributed by atoms with E-state index in [-0.39, 0.29) is 11.5 Å². The van der Waals surface area contributed by atoms with Crippen LogP contribution in [0, 0.1) is 5.92 Å². The number of methoxy groups -OCH3 is 2. The lowest BCUT2D eigenvalue weighted by molar-refractivity contribution is -0.125. The van der Waals surface area contributed by atoms with Crippen LogP contribution in [0.5, 0.6) is 5.75 Å². The minimum atomic E-state index is -0.0344. The summed E-state index contributed by atoms with van der Waals surface area (Å²) >= 11 is 0. The number of likely N-dealkylation sites (tertiary alicyclic amines) is 1. The first-order chi connectivity index (χ1) is 12.2. The van der Waals surface area contributed by atoms with Crippen molar-refractivity contribution < 1.29 is 19.0 Å². The first kappa shape index (κ1) is 18.2. The summed E-state index contributed by atoms with van der Waals surface area (Å²) < 4.78 is 16.6. The van der Waals surface area contributed by atoms with Crippen molar-refractivity contribution in [2.45, 2.75) is 37.7 Å². The Kier molecular flexibility index (Phi) is 5.97. The van der Waals surface area contributed by atoms with Gasteiger partial charge in [0.25, 0.3) is 5.91 Å². The molecule has 2 aliphatic heterocycles. The van der Waals surface area contributed by atoms with Crippen molar-refractivity contribution in [3.05, 3.63) is 29.8 Å². The van der Waals surface area contributed by atoms with Crippen molar-refractivity contribution in [2.24, 2.45) is 5.92 Å². The molecule has 5 heteroatoms. The number of nitrogens with zero attached hydrogens (tertiary/aromatic N) is 1. The van der Waals surface area contributed by atoms with Gasteiger partial charge in [0.2, 0.25) is 0 Å². The summed E-state index contributed by atoms with van der Waals surface area (Å²) in [6.45, 7) is 3.19. The number of ether oxygens (including phenoxy) is 3. The van der Waals surface area contributed by atoms with Crippen molar-refractivity contribution in [2.75, 3.05) is 40.5 Å².